The van der Waals surface area contributed by atoms with Crippen molar-refractivity contribution in [3.05, 3.63) is 23.8 Å². The first-order chi connectivity index (χ1) is 10.6. The van der Waals surface area contributed by atoms with Gasteiger partial charge in [-0.15, -0.1) is 0 Å². The molecule has 8 heteroatoms. The Hall–Kier alpha value is -2.35. The van der Waals surface area contributed by atoms with Crippen molar-refractivity contribution in [2.45, 2.75) is 13.8 Å². The van der Waals surface area contributed by atoms with Crippen LogP contribution in [0.2, 0.25) is 0 Å². The first-order valence-corrected chi connectivity index (χ1v) is 7.11. The molecule has 0 saturated heterocycles. The molecular weight excluding hydrogens is 306 g/mol. The molecule has 120 valence electrons. The van der Waals surface area contributed by atoms with Crippen LogP contribution in [-0.2, 0) is 9.53 Å². The van der Waals surface area contributed by atoms with Gasteiger partial charge in [0, 0.05) is 0 Å². The Kier molecular flexibility index (Phi) is 7.69. The number of esters is 1. The molecule has 0 aliphatic heterocycles. The lowest BCUT2D eigenvalue weighted by molar-refractivity contribution is -0.145. The van der Waals surface area contributed by atoms with Crippen LogP contribution < -0.4 is 20.6 Å². The van der Waals surface area contributed by atoms with Crippen LogP contribution in [0.15, 0.2) is 23.3 Å². The predicted molar refractivity (Wildman–Crippen MR) is 87.3 cm³/mol. The van der Waals surface area contributed by atoms with Crippen molar-refractivity contribution in [1.29, 1.82) is 0 Å². The van der Waals surface area contributed by atoms with E-state index in [-0.39, 0.29) is 11.7 Å². The van der Waals surface area contributed by atoms with Crippen molar-refractivity contribution in [2.24, 2.45) is 10.8 Å². The maximum atomic E-state index is 11.3. The van der Waals surface area contributed by atoms with Crippen molar-refractivity contribution >= 4 is 29.5 Å². The van der Waals surface area contributed by atoms with E-state index in [2.05, 4.69) is 22.7 Å². The van der Waals surface area contributed by atoms with Crippen molar-refractivity contribution < 1.29 is 19.0 Å². The maximum absolute atomic E-state index is 11.3. The first-order valence-electron chi connectivity index (χ1n) is 6.70. The molecular formula is C14H19N3O4S. The Morgan fingerprint density at radius 3 is 2.73 bits per heavy atom. The van der Waals surface area contributed by atoms with Crippen LogP contribution in [0.4, 0.5) is 0 Å². The fourth-order valence-corrected chi connectivity index (χ4v) is 1.55. The number of benzene rings is 1. The van der Waals surface area contributed by atoms with Crippen LogP contribution in [0.5, 0.6) is 11.5 Å². The largest absolute Gasteiger partial charge is 0.490 e. The quantitative estimate of drug-likeness (QED) is 0.321. The molecule has 0 aromatic heterocycles. The Labute approximate surface area is 134 Å². The number of ether oxygens (including phenoxy) is 3. The zero-order valence-corrected chi connectivity index (χ0v) is 13.3. The summed E-state index contributed by atoms with van der Waals surface area (Å²) in [5.74, 6) is 0.525. The van der Waals surface area contributed by atoms with E-state index in [4.69, 9.17) is 19.9 Å². The third kappa shape index (κ3) is 6.40. The number of thiocarbonyl (C=S) groups is 1. The number of hydrazone groups is 1. The van der Waals surface area contributed by atoms with Crippen molar-refractivity contribution in [1.82, 2.24) is 5.43 Å². The van der Waals surface area contributed by atoms with Crippen LogP contribution >= 0.6 is 12.2 Å². The van der Waals surface area contributed by atoms with Crippen molar-refractivity contribution in [3.8, 4) is 11.5 Å². The highest BCUT2D eigenvalue weighted by Gasteiger charge is 2.09. The van der Waals surface area contributed by atoms with Crippen LogP contribution in [0.1, 0.15) is 19.4 Å². The molecule has 1 aromatic rings. The average Bonchev–Trinajstić information content (AvgIpc) is 2.46. The van der Waals surface area contributed by atoms with E-state index in [1.54, 1.807) is 25.1 Å². The SMILES string of the molecule is CCOC(=O)COc1ccc(C=NNC(N)=S)cc1OCC. The number of carbonyl (C=O) groups excluding carboxylic acids is 1. The second kappa shape index (κ2) is 9.56. The molecule has 1 aromatic carbocycles. The minimum atomic E-state index is -0.434. The molecule has 0 unspecified atom stereocenters. The van der Waals surface area contributed by atoms with Gasteiger partial charge in [-0.3, -0.25) is 5.43 Å². The summed E-state index contributed by atoms with van der Waals surface area (Å²) in [4.78, 5) is 11.3. The number of hydrogen-bond acceptors (Lipinski definition) is 6. The van der Waals surface area contributed by atoms with Gasteiger partial charge in [0.1, 0.15) is 0 Å². The molecule has 0 atom stereocenters. The summed E-state index contributed by atoms with van der Waals surface area (Å²) in [6.07, 6.45) is 1.54. The summed E-state index contributed by atoms with van der Waals surface area (Å²) in [5.41, 5.74) is 8.49. The predicted octanol–water partition coefficient (Wildman–Crippen LogP) is 1.19. The zero-order valence-electron chi connectivity index (χ0n) is 12.5. The second-order valence-electron chi connectivity index (χ2n) is 3.97. The van der Waals surface area contributed by atoms with E-state index in [1.165, 1.54) is 6.21 Å². The van der Waals surface area contributed by atoms with Crippen LogP contribution in [-0.4, -0.2) is 37.1 Å². The zero-order chi connectivity index (χ0) is 16.4. The van der Waals surface area contributed by atoms with Gasteiger partial charge in [0.15, 0.2) is 23.2 Å². The van der Waals surface area contributed by atoms with Gasteiger partial charge in [-0.25, -0.2) is 4.79 Å². The Bertz CT molecular complexity index is 549. The lowest BCUT2D eigenvalue weighted by atomic mass is 10.2. The molecule has 3 N–H and O–H groups in total. The lowest BCUT2D eigenvalue weighted by Crippen LogP contribution is -2.23. The van der Waals surface area contributed by atoms with Crippen LogP contribution in [0.3, 0.4) is 0 Å². The average molecular weight is 325 g/mol. The number of hydrogen-bond donors (Lipinski definition) is 2. The molecule has 0 aliphatic rings. The van der Waals surface area contributed by atoms with Gasteiger partial charge in [-0.2, -0.15) is 5.10 Å². The summed E-state index contributed by atoms with van der Waals surface area (Å²) in [6.45, 7) is 4.18. The van der Waals surface area contributed by atoms with E-state index >= 15 is 0 Å². The molecule has 0 bridgehead atoms. The molecule has 0 aliphatic carbocycles. The number of nitrogens with zero attached hydrogens (tertiary/aromatic N) is 1. The Balaban J connectivity index is 2.78. The molecule has 0 heterocycles. The molecule has 0 radical (unpaired) electrons. The first kappa shape index (κ1) is 17.7. The Morgan fingerprint density at radius 2 is 2.09 bits per heavy atom. The molecule has 22 heavy (non-hydrogen) atoms. The summed E-state index contributed by atoms with van der Waals surface area (Å²) in [7, 11) is 0. The molecule has 0 spiro atoms. The normalized spacial score (nSPS) is 10.3. The summed E-state index contributed by atoms with van der Waals surface area (Å²) in [5, 5.41) is 3.94. The van der Waals surface area contributed by atoms with Gasteiger partial charge < -0.3 is 19.9 Å². The van der Waals surface area contributed by atoms with Gasteiger partial charge in [-0.05, 0) is 49.8 Å². The molecule has 0 amide bonds. The highest BCUT2D eigenvalue weighted by Crippen LogP contribution is 2.28. The number of nitrogens with two attached hydrogens (primary N) is 1. The summed E-state index contributed by atoms with van der Waals surface area (Å²) < 4.78 is 15.7. The molecule has 0 saturated carbocycles. The minimum Gasteiger partial charge on any atom is -0.490 e. The minimum absolute atomic E-state index is 0.0793. The van der Waals surface area contributed by atoms with E-state index in [9.17, 15) is 4.79 Å². The van der Waals surface area contributed by atoms with E-state index in [0.29, 0.717) is 24.7 Å². The maximum Gasteiger partial charge on any atom is 0.344 e. The summed E-state index contributed by atoms with van der Waals surface area (Å²) >= 11 is 4.64. The van der Waals surface area contributed by atoms with Gasteiger partial charge in [0.05, 0.1) is 19.4 Å². The van der Waals surface area contributed by atoms with Crippen LogP contribution in [0, 0.1) is 0 Å². The monoisotopic (exact) mass is 325 g/mol. The third-order valence-electron chi connectivity index (χ3n) is 2.31. The molecule has 7 nitrogen and oxygen atoms in total. The topological polar surface area (TPSA) is 95.2 Å². The van der Waals surface area contributed by atoms with Gasteiger partial charge >= 0.3 is 5.97 Å². The number of rotatable bonds is 8. The number of nitrogens with one attached hydrogen (secondary N) is 1. The third-order valence-corrected chi connectivity index (χ3v) is 2.40. The summed E-state index contributed by atoms with van der Waals surface area (Å²) in [6, 6.07) is 5.18. The fraction of sp³-hybridized carbons (Fsp3) is 0.357. The number of carbonyl (C=O) groups is 1. The van der Waals surface area contributed by atoms with E-state index < -0.39 is 5.97 Å². The molecule has 0 fully saturated rings. The van der Waals surface area contributed by atoms with Crippen molar-refractivity contribution in [3.63, 3.8) is 0 Å². The van der Waals surface area contributed by atoms with Gasteiger partial charge in [-0.1, -0.05) is 0 Å². The Morgan fingerprint density at radius 1 is 1.32 bits per heavy atom. The molecule has 1 rings (SSSR count). The highest BCUT2D eigenvalue weighted by atomic mass is 32.1. The van der Waals surface area contributed by atoms with E-state index in [0.717, 1.165) is 5.56 Å². The standard InChI is InChI=1S/C14H19N3O4S/c1-3-19-12-7-10(8-16-17-14(15)22)5-6-11(12)21-9-13(18)20-4-2/h5-8H,3-4,9H2,1-2H3,(H3,15,17,22). The highest BCUT2D eigenvalue weighted by molar-refractivity contribution is 7.80. The van der Waals surface area contributed by atoms with Gasteiger partial charge in [0.2, 0.25) is 0 Å². The van der Waals surface area contributed by atoms with E-state index in [1.807, 2.05) is 6.92 Å². The lowest BCUT2D eigenvalue weighted by Gasteiger charge is -2.12. The fourth-order valence-electron chi connectivity index (χ4n) is 1.50. The van der Waals surface area contributed by atoms with Gasteiger partial charge in [0.25, 0.3) is 0 Å². The van der Waals surface area contributed by atoms with Crippen LogP contribution in [0.25, 0.3) is 0 Å². The second-order valence-corrected chi connectivity index (χ2v) is 4.41. The smallest absolute Gasteiger partial charge is 0.344 e. The van der Waals surface area contributed by atoms with Crippen molar-refractivity contribution in [2.75, 3.05) is 19.8 Å².